The Morgan fingerprint density at radius 2 is 1.74 bits per heavy atom. The molecule has 0 aromatic heterocycles. The van der Waals surface area contributed by atoms with E-state index < -0.39 is 0 Å². The summed E-state index contributed by atoms with van der Waals surface area (Å²) in [7, 11) is 1.96. The average Bonchev–Trinajstić information content (AvgIpc) is 2.70. The van der Waals surface area contributed by atoms with E-state index in [9.17, 15) is 4.79 Å². The Kier molecular flexibility index (Phi) is 7.46. The standard InChI is InChI=1S/C24H32N2O/c1-25-18-23(17-20-11-6-3-7-12-20)26-24(27)22-14-8-13-21(16-22)15-19-9-4-2-5-10-19/h2,4-5,8-10,13-14,16,20,23,25H,3,6-7,11-12,15,17-18H2,1H3,(H,26,27)/t23-/m0/s1. The zero-order valence-electron chi connectivity index (χ0n) is 16.4. The highest BCUT2D eigenvalue weighted by molar-refractivity contribution is 5.94. The van der Waals surface area contributed by atoms with Crippen LogP contribution in [0.25, 0.3) is 0 Å². The monoisotopic (exact) mass is 364 g/mol. The number of benzene rings is 2. The number of rotatable bonds is 8. The maximum absolute atomic E-state index is 12.8. The van der Waals surface area contributed by atoms with Crippen LogP contribution in [0, 0.1) is 5.92 Å². The van der Waals surface area contributed by atoms with E-state index in [1.54, 1.807) is 0 Å². The van der Waals surface area contributed by atoms with Gasteiger partial charge in [-0.3, -0.25) is 4.79 Å². The van der Waals surface area contributed by atoms with Gasteiger partial charge >= 0.3 is 0 Å². The van der Waals surface area contributed by atoms with E-state index in [4.69, 9.17) is 0 Å². The first-order valence-corrected chi connectivity index (χ1v) is 10.3. The summed E-state index contributed by atoms with van der Waals surface area (Å²) >= 11 is 0. The molecule has 0 unspecified atom stereocenters. The Bertz CT molecular complexity index is 707. The van der Waals surface area contributed by atoms with Crippen molar-refractivity contribution in [3.05, 3.63) is 71.3 Å². The zero-order chi connectivity index (χ0) is 18.9. The lowest BCUT2D eigenvalue weighted by Crippen LogP contribution is -2.42. The molecule has 2 aromatic carbocycles. The molecule has 0 radical (unpaired) electrons. The molecule has 1 aliphatic rings. The summed E-state index contributed by atoms with van der Waals surface area (Å²) in [5.74, 6) is 0.794. The Balaban J connectivity index is 1.62. The maximum Gasteiger partial charge on any atom is 0.251 e. The van der Waals surface area contributed by atoms with Crippen LogP contribution in [0.2, 0.25) is 0 Å². The Morgan fingerprint density at radius 1 is 1.00 bits per heavy atom. The molecule has 3 nitrogen and oxygen atoms in total. The molecule has 0 spiro atoms. The van der Waals surface area contributed by atoms with Crippen LogP contribution in [0.1, 0.15) is 60.0 Å². The highest BCUT2D eigenvalue weighted by atomic mass is 16.1. The maximum atomic E-state index is 12.8. The lowest BCUT2D eigenvalue weighted by Gasteiger charge is -2.27. The van der Waals surface area contributed by atoms with Gasteiger partial charge in [-0.05, 0) is 49.1 Å². The normalized spacial score (nSPS) is 16.0. The Labute approximate surface area is 163 Å². The summed E-state index contributed by atoms with van der Waals surface area (Å²) in [5, 5.41) is 6.51. The lowest BCUT2D eigenvalue weighted by molar-refractivity contribution is 0.0928. The van der Waals surface area contributed by atoms with Crippen molar-refractivity contribution in [1.82, 2.24) is 10.6 Å². The molecule has 27 heavy (non-hydrogen) atoms. The SMILES string of the molecule is CNC[C@H](CC1CCCCC1)NC(=O)c1cccc(Cc2ccccc2)c1. The summed E-state index contributed by atoms with van der Waals surface area (Å²) in [4.78, 5) is 12.8. The molecule has 144 valence electrons. The highest BCUT2D eigenvalue weighted by Gasteiger charge is 2.20. The molecule has 3 rings (SSSR count). The van der Waals surface area contributed by atoms with Crippen LogP contribution in [-0.2, 0) is 6.42 Å². The molecule has 1 atom stereocenters. The van der Waals surface area contributed by atoms with Crippen molar-refractivity contribution in [3.63, 3.8) is 0 Å². The van der Waals surface area contributed by atoms with E-state index in [1.807, 2.05) is 31.3 Å². The number of nitrogens with one attached hydrogen (secondary N) is 2. The third-order valence-corrected chi connectivity index (χ3v) is 5.57. The van der Waals surface area contributed by atoms with E-state index in [-0.39, 0.29) is 11.9 Å². The van der Waals surface area contributed by atoms with Crippen LogP contribution < -0.4 is 10.6 Å². The predicted molar refractivity (Wildman–Crippen MR) is 112 cm³/mol. The van der Waals surface area contributed by atoms with Gasteiger partial charge in [0.2, 0.25) is 0 Å². The first kappa shape index (κ1) is 19.6. The Morgan fingerprint density at radius 3 is 2.48 bits per heavy atom. The van der Waals surface area contributed by atoms with Gasteiger partial charge < -0.3 is 10.6 Å². The molecule has 0 saturated heterocycles. The van der Waals surface area contributed by atoms with Crippen LogP contribution in [0.3, 0.4) is 0 Å². The van der Waals surface area contributed by atoms with E-state index in [2.05, 4.69) is 41.0 Å². The van der Waals surface area contributed by atoms with Crippen LogP contribution >= 0.6 is 0 Å². The van der Waals surface area contributed by atoms with E-state index in [1.165, 1.54) is 43.2 Å². The van der Waals surface area contributed by atoms with Gasteiger partial charge in [0.25, 0.3) is 5.91 Å². The van der Waals surface area contributed by atoms with Crippen molar-refractivity contribution in [2.75, 3.05) is 13.6 Å². The molecule has 1 amide bonds. The smallest absolute Gasteiger partial charge is 0.251 e. The van der Waals surface area contributed by atoms with Crippen molar-refractivity contribution >= 4 is 5.91 Å². The molecular weight excluding hydrogens is 332 g/mol. The van der Waals surface area contributed by atoms with Crippen molar-refractivity contribution in [1.29, 1.82) is 0 Å². The quantitative estimate of drug-likeness (QED) is 0.721. The summed E-state index contributed by atoms with van der Waals surface area (Å²) in [5.41, 5.74) is 3.19. The number of hydrogen-bond donors (Lipinski definition) is 2. The summed E-state index contributed by atoms with van der Waals surface area (Å²) < 4.78 is 0. The molecule has 3 heteroatoms. The minimum atomic E-state index is 0.0426. The van der Waals surface area contributed by atoms with Crippen LogP contribution in [0.5, 0.6) is 0 Å². The number of carbonyl (C=O) groups is 1. The van der Waals surface area contributed by atoms with E-state index >= 15 is 0 Å². The highest BCUT2D eigenvalue weighted by Crippen LogP contribution is 2.27. The summed E-state index contributed by atoms with van der Waals surface area (Å²) in [6.45, 7) is 0.825. The van der Waals surface area contributed by atoms with Gasteiger partial charge in [0.1, 0.15) is 0 Å². The lowest BCUT2D eigenvalue weighted by atomic mass is 9.84. The van der Waals surface area contributed by atoms with Crippen molar-refractivity contribution < 1.29 is 4.79 Å². The van der Waals surface area contributed by atoms with Crippen LogP contribution in [-0.4, -0.2) is 25.5 Å². The van der Waals surface area contributed by atoms with Gasteiger partial charge in [-0.1, -0.05) is 74.6 Å². The third kappa shape index (κ3) is 6.21. The Hall–Kier alpha value is -2.13. The minimum Gasteiger partial charge on any atom is -0.348 e. The average molecular weight is 365 g/mol. The molecule has 0 aliphatic heterocycles. The second kappa shape index (κ2) is 10.3. The van der Waals surface area contributed by atoms with E-state index in [0.717, 1.165) is 30.9 Å². The fourth-order valence-electron chi connectivity index (χ4n) is 4.19. The van der Waals surface area contributed by atoms with Gasteiger partial charge in [0.05, 0.1) is 0 Å². The number of likely N-dealkylation sites (N-methyl/N-ethyl adjacent to an activating group) is 1. The first-order valence-electron chi connectivity index (χ1n) is 10.3. The molecule has 0 heterocycles. The molecule has 2 N–H and O–H groups in total. The second-order valence-electron chi connectivity index (χ2n) is 7.83. The van der Waals surface area contributed by atoms with Gasteiger partial charge in [-0.25, -0.2) is 0 Å². The molecule has 1 aliphatic carbocycles. The van der Waals surface area contributed by atoms with Crippen LogP contribution in [0.15, 0.2) is 54.6 Å². The second-order valence-corrected chi connectivity index (χ2v) is 7.83. The summed E-state index contributed by atoms with van der Waals surface area (Å²) in [6, 6.07) is 18.6. The molecule has 2 aromatic rings. The fourth-order valence-corrected chi connectivity index (χ4v) is 4.19. The number of carbonyl (C=O) groups excluding carboxylic acids is 1. The third-order valence-electron chi connectivity index (χ3n) is 5.57. The van der Waals surface area contributed by atoms with Gasteiger partial charge in [-0.2, -0.15) is 0 Å². The molecule has 0 bridgehead atoms. The van der Waals surface area contributed by atoms with Crippen molar-refractivity contribution in [3.8, 4) is 0 Å². The largest absolute Gasteiger partial charge is 0.348 e. The topological polar surface area (TPSA) is 41.1 Å². The molecule has 1 saturated carbocycles. The van der Waals surface area contributed by atoms with Crippen molar-refractivity contribution in [2.45, 2.75) is 51.0 Å². The van der Waals surface area contributed by atoms with Gasteiger partial charge in [0.15, 0.2) is 0 Å². The zero-order valence-corrected chi connectivity index (χ0v) is 16.4. The molecule has 1 fully saturated rings. The van der Waals surface area contributed by atoms with Gasteiger partial charge in [0, 0.05) is 18.2 Å². The fraction of sp³-hybridized carbons (Fsp3) is 0.458. The first-order chi connectivity index (χ1) is 13.2. The number of hydrogen-bond acceptors (Lipinski definition) is 2. The summed E-state index contributed by atoms with van der Waals surface area (Å²) in [6.07, 6.45) is 8.60. The predicted octanol–water partition coefficient (Wildman–Crippen LogP) is 4.57. The van der Waals surface area contributed by atoms with E-state index in [0.29, 0.717) is 0 Å². The minimum absolute atomic E-state index is 0.0426. The number of amides is 1. The molecular formula is C24H32N2O. The van der Waals surface area contributed by atoms with Crippen molar-refractivity contribution in [2.24, 2.45) is 5.92 Å². The van der Waals surface area contributed by atoms with Gasteiger partial charge in [-0.15, -0.1) is 0 Å². The van der Waals surface area contributed by atoms with Crippen LogP contribution in [0.4, 0.5) is 0 Å².